The van der Waals surface area contributed by atoms with E-state index in [9.17, 15) is 18.0 Å². The second-order valence-corrected chi connectivity index (χ2v) is 8.62. The maximum absolute atomic E-state index is 12.3. The maximum atomic E-state index is 12.3. The van der Waals surface area contributed by atoms with Crippen LogP contribution in [-0.2, 0) is 32.2 Å². The second kappa shape index (κ2) is 7.91. The zero-order valence-electron chi connectivity index (χ0n) is 15.9. The summed E-state index contributed by atoms with van der Waals surface area (Å²) in [7, 11) is -1.45. The van der Waals surface area contributed by atoms with E-state index in [0.717, 1.165) is 11.9 Å². The van der Waals surface area contributed by atoms with E-state index in [1.54, 1.807) is 30.8 Å². The molecule has 2 rings (SSSR count). The van der Waals surface area contributed by atoms with Crippen molar-refractivity contribution < 1.29 is 22.7 Å². The van der Waals surface area contributed by atoms with Crippen LogP contribution < -0.4 is 5.32 Å². The first-order valence-electron chi connectivity index (χ1n) is 8.26. The Hall–Kier alpha value is -2.68. The fraction of sp³-hybridized carbons (Fsp3) is 0.389. The number of sulfone groups is 1. The first-order valence-corrected chi connectivity index (χ1v) is 10.3. The third-order valence-corrected chi connectivity index (χ3v) is 4.86. The number of hydrogen-bond donors (Lipinski definition) is 1. The van der Waals surface area contributed by atoms with Gasteiger partial charge in [0.15, 0.2) is 15.9 Å². The number of rotatable bonds is 6. The molecule has 0 unspecified atom stereocenters. The lowest BCUT2D eigenvalue weighted by Gasteiger charge is -2.14. The summed E-state index contributed by atoms with van der Waals surface area (Å²) >= 11 is 0. The molecule has 1 aromatic heterocycles. The number of carbonyl (C=O) groups is 2. The number of hydrogen-bond acceptors (Lipinski definition) is 6. The number of benzene rings is 1. The summed E-state index contributed by atoms with van der Waals surface area (Å²) < 4.78 is 29.7. The molecule has 0 saturated carbocycles. The van der Waals surface area contributed by atoms with Crippen LogP contribution in [0.5, 0.6) is 0 Å². The average molecular weight is 393 g/mol. The summed E-state index contributed by atoms with van der Waals surface area (Å²) in [5, 5.41) is 6.94. The highest BCUT2D eigenvalue weighted by atomic mass is 32.2. The van der Waals surface area contributed by atoms with Crippen LogP contribution in [0.15, 0.2) is 24.3 Å². The Morgan fingerprint density at radius 2 is 1.96 bits per heavy atom. The van der Waals surface area contributed by atoms with E-state index < -0.39 is 27.8 Å². The third-order valence-electron chi connectivity index (χ3n) is 4.00. The Labute approximate surface area is 158 Å². The molecule has 1 aromatic carbocycles. The number of aryl methyl sites for hydroxylation is 2. The van der Waals surface area contributed by atoms with Crippen molar-refractivity contribution in [3.8, 4) is 0 Å². The predicted molar refractivity (Wildman–Crippen MR) is 101 cm³/mol. The van der Waals surface area contributed by atoms with Gasteiger partial charge < -0.3 is 10.1 Å². The van der Waals surface area contributed by atoms with E-state index in [1.807, 2.05) is 6.92 Å². The van der Waals surface area contributed by atoms with Crippen LogP contribution in [-0.4, -0.2) is 42.4 Å². The molecule has 0 aliphatic carbocycles. The molecule has 8 nitrogen and oxygen atoms in total. The Kier molecular flexibility index (Phi) is 6.04. The topological polar surface area (TPSA) is 107 Å². The summed E-state index contributed by atoms with van der Waals surface area (Å²) in [5.74, 6) is -1.36. The minimum absolute atomic E-state index is 0.177. The van der Waals surface area contributed by atoms with Gasteiger partial charge in [0.1, 0.15) is 0 Å². The minimum atomic E-state index is -3.22. The van der Waals surface area contributed by atoms with E-state index >= 15 is 0 Å². The normalized spacial score (nSPS) is 12.5. The first-order chi connectivity index (χ1) is 12.5. The van der Waals surface area contributed by atoms with Crippen molar-refractivity contribution >= 4 is 27.4 Å². The van der Waals surface area contributed by atoms with Gasteiger partial charge in [0.25, 0.3) is 5.91 Å². The Bertz CT molecular complexity index is 979. The summed E-state index contributed by atoms with van der Waals surface area (Å²) in [4.78, 5) is 24.6. The van der Waals surface area contributed by atoms with Crippen LogP contribution in [0.1, 0.15) is 34.2 Å². The van der Waals surface area contributed by atoms with Gasteiger partial charge in [-0.3, -0.25) is 9.48 Å². The Morgan fingerprint density at radius 1 is 1.30 bits per heavy atom. The zero-order valence-corrected chi connectivity index (χ0v) is 16.8. The van der Waals surface area contributed by atoms with Gasteiger partial charge in [-0.05, 0) is 38.5 Å². The molecule has 0 radical (unpaired) electrons. The van der Waals surface area contributed by atoms with Gasteiger partial charge in [0.2, 0.25) is 0 Å². The van der Waals surface area contributed by atoms with Gasteiger partial charge in [-0.15, -0.1) is 0 Å². The number of amides is 1. The third kappa shape index (κ3) is 5.40. The van der Waals surface area contributed by atoms with E-state index in [4.69, 9.17) is 4.74 Å². The molecule has 0 aliphatic heterocycles. The number of carbonyl (C=O) groups excluding carboxylic acids is 2. The van der Waals surface area contributed by atoms with E-state index in [-0.39, 0.29) is 11.3 Å². The fourth-order valence-electron chi connectivity index (χ4n) is 2.55. The van der Waals surface area contributed by atoms with Crippen LogP contribution in [0.25, 0.3) is 0 Å². The molecule has 9 heteroatoms. The molecule has 2 aromatic rings. The highest BCUT2D eigenvalue weighted by molar-refractivity contribution is 7.89. The minimum Gasteiger partial charge on any atom is -0.449 e. The summed E-state index contributed by atoms with van der Waals surface area (Å²) in [5.41, 5.74) is 2.69. The van der Waals surface area contributed by atoms with Crippen molar-refractivity contribution in [2.75, 3.05) is 11.6 Å². The Balaban J connectivity index is 2.06. The van der Waals surface area contributed by atoms with Crippen LogP contribution in [0.4, 0.5) is 5.69 Å². The molecular weight excluding hydrogens is 370 g/mol. The lowest BCUT2D eigenvalue weighted by atomic mass is 10.1. The lowest BCUT2D eigenvalue weighted by Crippen LogP contribution is -2.30. The van der Waals surface area contributed by atoms with Crippen LogP contribution in [0, 0.1) is 13.8 Å². The van der Waals surface area contributed by atoms with Crippen molar-refractivity contribution in [3.05, 3.63) is 46.8 Å². The molecule has 0 bridgehead atoms. The van der Waals surface area contributed by atoms with Crippen molar-refractivity contribution in [2.45, 2.75) is 32.6 Å². The van der Waals surface area contributed by atoms with E-state index in [0.29, 0.717) is 16.9 Å². The van der Waals surface area contributed by atoms with Gasteiger partial charge in [0.05, 0.1) is 28.4 Å². The van der Waals surface area contributed by atoms with Crippen LogP contribution in [0.2, 0.25) is 0 Å². The predicted octanol–water partition coefficient (Wildman–Crippen LogP) is 1.77. The molecule has 0 spiro atoms. The molecule has 1 heterocycles. The van der Waals surface area contributed by atoms with Crippen molar-refractivity contribution in [3.63, 3.8) is 0 Å². The number of anilines is 1. The quantitative estimate of drug-likeness (QED) is 0.750. The molecular formula is C18H23N3O5S. The molecule has 1 N–H and O–H groups in total. The largest absolute Gasteiger partial charge is 0.449 e. The van der Waals surface area contributed by atoms with Gasteiger partial charge in [-0.25, -0.2) is 13.2 Å². The number of esters is 1. The molecule has 146 valence electrons. The molecule has 1 amide bonds. The zero-order chi connectivity index (χ0) is 20.4. The summed E-state index contributed by atoms with van der Waals surface area (Å²) in [6, 6.07) is 6.14. The van der Waals surface area contributed by atoms with Gasteiger partial charge in [-0.1, -0.05) is 12.1 Å². The van der Waals surface area contributed by atoms with E-state index in [1.165, 1.54) is 19.1 Å². The standard InChI is InChI=1S/C18H23N3O5S/c1-11-16(12(2)21(4)20-11)19-17(22)13(3)26-18(23)15-8-6-7-14(9-15)10-27(5,24)25/h6-9,13H,10H2,1-5H3,(H,19,22)/t13-/m0/s1. The number of ether oxygens (including phenoxy) is 1. The van der Waals surface area contributed by atoms with Crippen molar-refractivity contribution in [1.29, 1.82) is 0 Å². The smallest absolute Gasteiger partial charge is 0.338 e. The van der Waals surface area contributed by atoms with Crippen molar-refractivity contribution in [2.24, 2.45) is 7.05 Å². The number of nitrogens with one attached hydrogen (secondary N) is 1. The highest BCUT2D eigenvalue weighted by Gasteiger charge is 2.22. The highest BCUT2D eigenvalue weighted by Crippen LogP contribution is 2.19. The first kappa shape index (κ1) is 20.6. The maximum Gasteiger partial charge on any atom is 0.338 e. The summed E-state index contributed by atoms with van der Waals surface area (Å²) in [6.45, 7) is 5.06. The second-order valence-electron chi connectivity index (χ2n) is 6.48. The summed E-state index contributed by atoms with van der Waals surface area (Å²) in [6.07, 6.45) is 0.0855. The monoisotopic (exact) mass is 393 g/mol. The molecule has 27 heavy (non-hydrogen) atoms. The molecule has 0 fully saturated rings. The van der Waals surface area contributed by atoms with Gasteiger partial charge >= 0.3 is 5.97 Å². The average Bonchev–Trinajstić information content (AvgIpc) is 2.79. The van der Waals surface area contributed by atoms with Gasteiger partial charge in [0, 0.05) is 13.3 Å². The fourth-order valence-corrected chi connectivity index (χ4v) is 3.34. The number of nitrogens with zero attached hydrogens (tertiary/aromatic N) is 2. The number of aromatic nitrogens is 2. The molecule has 1 atom stereocenters. The van der Waals surface area contributed by atoms with Gasteiger partial charge in [-0.2, -0.15) is 5.10 Å². The van der Waals surface area contributed by atoms with Crippen molar-refractivity contribution in [1.82, 2.24) is 9.78 Å². The van der Waals surface area contributed by atoms with Crippen LogP contribution >= 0.6 is 0 Å². The molecule has 0 saturated heterocycles. The van der Waals surface area contributed by atoms with E-state index in [2.05, 4.69) is 10.4 Å². The van der Waals surface area contributed by atoms with Crippen LogP contribution in [0.3, 0.4) is 0 Å². The molecule has 0 aliphatic rings. The SMILES string of the molecule is Cc1nn(C)c(C)c1NC(=O)[C@H](C)OC(=O)c1cccc(CS(C)(=O)=O)c1. The Morgan fingerprint density at radius 3 is 2.52 bits per heavy atom. The lowest BCUT2D eigenvalue weighted by molar-refractivity contribution is -0.123.